The van der Waals surface area contributed by atoms with Crippen molar-refractivity contribution in [3.63, 3.8) is 0 Å². The van der Waals surface area contributed by atoms with Crippen molar-refractivity contribution in [1.29, 1.82) is 0 Å². The number of carboxylic acid groups (broad SMARTS) is 1. The van der Waals surface area contributed by atoms with Crippen molar-refractivity contribution in [2.45, 2.75) is 31.3 Å². The van der Waals surface area contributed by atoms with E-state index in [2.05, 4.69) is 10.6 Å². The van der Waals surface area contributed by atoms with Gasteiger partial charge in [0, 0.05) is 12.3 Å². The summed E-state index contributed by atoms with van der Waals surface area (Å²) < 4.78 is 0. The number of hydrogen-bond donors (Lipinski definition) is 3. The summed E-state index contributed by atoms with van der Waals surface area (Å²) in [4.78, 5) is 36.5. The van der Waals surface area contributed by atoms with Gasteiger partial charge in [0.1, 0.15) is 12.1 Å². The molecular formula is C12H19N3O4S. The molecule has 3 N–H and O–H groups in total. The molecule has 0 saturated carbocycles. The molecule has 2 aliphatic rings. The van der Waals surface area contributed by atoms with Crippen LogP contribution in [0.4, 0.5) is 0 Å². The smallest absolute Gasteiger partial charge is 0.327 e. The molecule has 112 valence electrons. The molecule has 3 atom stereocenters. The van der Waals surface area contributed by atoms with Gasteiger partial charge in [-0.1, -0.05) is 13.8 Å². The van der Waals surface area contributed by atoms with E-state index in [1.807, 2.05) is 13.8 Å². The molecule has 7 nitrogen and oxygen atoms in total. The van der Waals surface area contributed by atoms with E-state index in [0.717, 1.165) is 0 Å². The van der Waals surface area contributed by atoms with Crippen LogP contribution in [0.15, 0.2) is 0 Å². The summed E-state index contributed by atoms with van der Waals surface area (Å²) >= 11 is 1.50. The fraction of sp³-hybridized carbons (Fsp3) is 0.750. The van der Waals surface area contributed by atoms with Gasteiger partial charge >= 0.3 is 5.97 Å². The number of carboxylic acids is 1. The van der Waals surface area contributed by atoms with Crippen molar-refractivity contribution in [2.24, 2.45) is 5.92 Å². The van der Waals surface area contributed by atoms with Gasteiger partial charge in [0.15, 0.2) is 0 Å². The Morgan fingerprint density at radius 1 is 1.45 bits per heavy atom. The third-order valence-electron chi connectivity index (χ3n) is 3.46. The first-order valence-corrected chi connectivity index (χ1v) is 7.63. The van der Waals surface area contributed by atoms with Gasteiger partial charge in [0.2, 0.25) is 11.8 Å². The van der Waals surface area contributed by atoms with Crippen LogP contribution in [0, 0.1) is 5.92 Å². The molecular weight excluding hydrogens is 282 g/mol. The Morgan fingerprint density at radius 2 is 2.15 bits per heavy atom. The van der Waals surface area contributed by atoms with Gasteiger partial charge in [0.25, 0.3) is 0 Å². The molecule has 2 fully saturated rings. The Bertz CT molecular complexity index is 419. The monoisotopic (exact) mass is 301 g/mol. The zero-order valence-corrected chi connectivity index (χ0v) is 12.3. The minimum atomic E-state index is -0.978. The van der Waals surface area contributed by atoms with Crippen LogP contribution in [0.1, 0.15) is 13.8 Å². The number of amides is 2. The molecule has 0 aliphatic carbocycles. The van der Waals surface area contributed by atoms with Gasteiger partial charge < -0.3 is 15.3 Å². The first-order chi connectivity index (χ1) is 9.41. The summed E-state index contributed by atoms with van der Waals surface area (Å²) in [5.41, 5.74) is 0. The number of nitrogens with one attached hydrogen (secondary N) is 2. The van der Waals surface area contributed by atoms with Crippen LogP contribution in [0.3, 0.4) is 0 Å². The molecule has 2 amide bonds. The number of carbonyl (C=O) groups is 3. The molecule has 0 aromatic heterocycles. The molecule has 0 aromatic rings. The maximum absolute atomic E-state index is 12.6. The fourth-order valence-corrected chi connectivity index (χ4v) is 3.91. The number of piperazine rings is 1. The highest BCUT2D eigenvalue weighted by molar-refractivity contribution is 8.00. The Labute approximate surface area is 121 Å². The largest absolute Gasteiger partial charge is 0.480 e. The average molecular weight is 301 g/mol. The third-order valence-corrected chi connectivity index (χ3v) is 5.08. The molecule has 0 spiro atoms. The molecule has 8 heteroatoms. The van der Waals surface area contributed by atoms with Gasteiger partial charge in [-0.05, 0) is 5.92 Å². The van der Waals surface area contributed by atoms with Crippen LogP contribution >= 0.6 is 11.8 Å². The Balaban J connectivity index is 2.14. The SMILES string of the molecule is CC(C)C1SCC(C(=O)O)N1C(=O)C1CNC(=O)CN1. The molecule has 0 bridgehead atoms. The zero-order chi connectivity index (χ0) is 14.9. The lowest BCUT2D eigenvalue weighted by Crippen LogP contribution is -2.61. The Kier molecular flexibility index (Phi) is 4.54. The Hall–Kier alpha value is -1.28. The number of thioether (sulfide) groups is 1. The van der Waals surface area contributed by atoms with E-state index in [4.69, 9.17) is 0 Å². The highest BCUT2D eigenvalue weighted by Crippen LogP contribution is 2.34. The molecule has 2 aliphatic heterocycles. The molecule has 2 heterocycles. The summed E-state index contributed by atoms with van der Waals surface area (Å²) in [6.07, 6.45) is 0. The second kappa shape index (κ2) is 6.01. The summed E-state index contributed by atoms with van der Waals surface area (Å²) in [6.45, 7) is 4.23. The van der Waals surface area contributed by atoms with Crippen LogP contribution in [-0.4, -0.2) is 64.1 Å². The molecule has 3 unspecified atom stereocenters. The highest BCUT2D eigenvalue weighted by Gasteiger charge is 2.45. The molecule has 2 rings (SSSR count). The normalized spacial score (nSPS) is 30.4. The standard InChI is InChI=1S/C12H19N3O4S/c1-6(2)11-15(8(5-20-11)12(18)19)10(17)7-3-14-9(16)4-13-7/h6-8,11,13H,3-5H2,1-2H3,(H,14,16)(H,18,19). The molecule has 2 saturated heterocycles. The van der Waals surface area contributed by atoms with Crippen LogP contribution in [0.5, 0.6) is 0 Å². The lowest BCUT2D eigenvalue weighted by atomic mass is 10.1. The lowest BCUT2D eigenvalue weighted by Gasteiger charge is -2.34. The predicted octanol–water partition coefficient (Wildman–Crippen LogP) is -0.915. The van der Waals surface area contributed by atoms with Crippen molar-refractivity contribution < 1.29 is 19.5 Å². The quantitative estimate of drug-likeness (QED) is 0.624. The van der Waals surface area contributed by atoms with Gasteiger partial charge in [-0.3, -0.25) is 14.9 Å². The fourth-order valence-electron chi connectivity index (χ4n) is 2.43. The first kappa shape index (κ1) is 15.1. The third kappa shape index (κ3) is 2.90. The summed E-state index contributed by atoms with van der Waals surface area (Å²) in [7, 11) is 0. The van der Waals surface area contributed by atoms with Crippen molar-refractivity contribution in [2.75, 3.05) is 18.8 Å². The summed E-state index contributed by atoms with van der Waals surface area (Å²) in [5.74, 6) is -0.801. The number of hydrogen-bond acceptors (Lipinski definition) is 5. The van der Waals surface area contributed by atoms with Crippen LogP contribution in [0.2, 0.25) is 0 Å². The first-order valence-electron chi connectivity index (χ1n) is 6.58. The summed E-state index contributed by atoms with van der Waals surface area (Å²) in [5, 5.41) is 14.6. The van der Waals surface area contributed by atoms with E-state index in [1.165, 1.54) is 16.7 Å². The number of carbonyl (C=O) groups excluding carboxylic acids is 2. The van der Waals surface area contributed by atoms with Crippen molar-refractivity contribution >= 4 is 29.5 Å². The van der Waals surface area contributed by atoms with Crippen molar-refractivity contribution in [3.8, 4) is 0 Å². The van der Waals surface area contributed by atoms with Gasteiger partial charge in [-0.25, -0.2) is 4.79 Å². The van der Waals surface area contributed by atoms with Crippen LogP contribution in [0.25, 0.3) is 0 Å². The van der Waals surface area contributed by atoms with E-state index in [-0.39, 0.29) is 36.2 Å². The number of rotatable bonds is 3. The predicted molar refractivity (Wildman–Crippen MR) is 74.2 cm³/mol. The maximum Gasteiger partial charge on any atom is 0.327 e. The number of nitrogens with zero attached hydrogens (tertiary/aromatic N) is 1. The topological polar surface area (TPSA) is 98.7 Å². The van der Waals surface area contributed by atoms with E-state index in [1.54, 1.807) is 0 Å². The Morgan fingerprint density at radius 3 is 2.65 bits per heavy atom. The van der Waals surface area contributed by atoms with E-state index in [9.17, 15) is 19.5 Å². The lowest BCUT2D eigenvalue weighted by molar-refractivity contribution is -0.151. The minimum absolute atomic E-state index is 0.0848. The van der Waals surface area contributed by atoms with Crippen molar-refractivity contribution in [1.82, 2.24) is 15.5 Å². The molecule has 0 radical (unpaired) electrons. The average Bonchev–Trinajstić information content (AvgIpc) is 2.83. The zero-order valence-electron chi connectivity index (χ0n) is 11.5. The maximum atomic E-state index is 12.6. The van der Waals surface area contributed by atoms with E-state index >= 15 is 0 Å². The second-order valence-corrected chi connectivity index (χ2v) is 6.45. The van der Waals surface area contributed by atoms with Crippen molar-refractivity contribution in [3.05, 3.63) is 0 Å². The highest BCUT2D eigenvalue weighted by atomic mass is 32.2. The summed E-state index contributed by atoms with van der Waals surface area (Å²) in [6, 6.07) is -1.34. The van der Waals surface area contributed by atoms with Gasteiger partial charge in [0.05, 0.1) is 11.9 Å². The minimum Gasteiger partial charge on any atom is -0.480 e. The van der Waals surface area contributed by atoms with E-state index in [0.29, 0.717) is 5.75 Å². The van der Waals surface area contributed by atoms with Gasteiger partial charge in [-0.2, -0.15) is 0 Å². The molecule has 0 aromatic carbocycles. The second-order valence-electron chi connectivity index (χ2n) is 5.31. The van der Waals surface area contributed by atoms with E-state index < -0.39 is 18.1 Å². The van der Waals surface area contributed by atoms with Gasteiger partial charge in [-0.15, -0.1) is 11.8 Å². The van der Waals surface area contributed by atoms with Crippen LogP contribution < -0.4 is 10.6 Å². The number of aliphatic carboxylic acids is 1. The molecule has 20 heavy (non-hydrogen) atoms. The van der Waals surface area contributed by atoms with Crippen LogP contribution in [-0.2, 0) is 14.4 Å².